The minimum atomic E-state index is -1.14. The molecule has 0 radical (unpaired) electrons. The number of nitrogens with two attached hydrogens (primary N) is 2. The Labute approximate surface area is 206 Å². The van der Waals surface area contributed by atoms with Gasteiger partial charge in [0.2, 0.25) is 17.7 Å². The van der Waals surface area contributed by atoms with E-state index < -0.39 is 42.0 Å². The Morgan fingerprint density at radius 3 is 2.40 bits per heavy atom. The number of unbranched alkanes of at least 4 members (excludes halogenated alkanes) is 1. The molecule has 1 saturated heterocycles. The monoisotopic (exact) mass is 489 g/mol. The summed E-state index contributed by atoms with van der Waals surface area (Å²) in [6.07, 6.45) is 3.11. The molecule has 1 aliphatic heterocycles. The lowest BCUT2D eigenvalue weighted by Gasteiger charge is -2.31. The molecule has 4 unspecified atom stereocenters. The Bertz CT molecular complexity index is 863. The fraction of sp³-hybridized carbons (Fsp3) is 0.600. The number of aliphatic carboxylic acids is 1. The van der Waals surface area contributed by atoms with E-state index in [9.17, 15) is 24.3 Å². The predicted octanol–water partition coefficient (Wildman–Crippen LogP) is 0.387. The van der Waals surface area contributed by atoms with Gasteiger partial charge in [0.1, 0.15) is 18.1 Å². The maximum absolute atomic E-state index is 13.4. The molecular formula is C25H39N5O5. The maximum Gasteiger partial charge on any atom is 0.326 e. The van der Waals surface area contributed by atoms with Gasteiger partial charge in [-0.3, -0.25) is 14.4 Å². The first-order chi connectivity index (χ1) is 16.6. The second kappa shape index (κ2) is 13.8. The highest BCUT2D eigenvalue weighted by molar-refractivity contribution is 5.94. The number of hydrogen-bond donors (Lipinski definition) is 5. The number of carboxylic acid groups (broad SMARTS) is 1. The van der Waals surface area contributed by atoms with Crippen molar-refractivity contribution in [3.63, 3.8) is 0 Å². The predicted molar refractivity (Wildman–Crippen MR) is 132 cm³/mol. The average molecular weight is 490 g/mol. The number of rotatable bonds is 13. The van der Waals surface area contributed by atoms with Crippen molar-refractivity contribution < 1.29 is 24.3 Å². The smallest absolute Gasteiger partial charge is 0.326 e. The lowest BCUT2D eigenvalue weighted by Crippen LogP contribution is -2.58. The highest BCUT2D eigenvalue weighted by Crippen LogP contribution is 2.21. The summed E-state index contributed by atoms with van der Waals surface area (Å²) < 4.78 is 0. The lowest BCUT2D eigenvalue weighted by atomic mass is 10.0. The van der Waals surface area contributed by atoms with Crippen molar-refractivity contribution in [2.24, 2.45) is 17.4 Å². The van der Waals surface area contributed by atoms with Crippen molar-refractivity contribution in [1.29, 1.82) is 0 Å². The molecule has 4 atom stereocenters. The summed E-state index contributed by atoms with van der Waals surface area (Å²) in [4.78, 5) is 52.3. The van der Waals surface area contributed by atoms with Gasteiger partial charge in [-0.2, -0.15) is 0 Å². The zero-order valence-corrected chi connectivity index (χ0v) is 20.6. The molecule has 1 fully saturated rings. The van der Waals surface area contributed by atoms with Gasteiger partial charge in [0.25, 0.3) is 0 Å². The second-order valence-electron chi connectivity index (χ2n) is 9.40. The molecule has 1 aromatic carbocycles. The Morgan fingerprint density at radius 2 is 1.80 bits per heavy atom. The van der Waals surface area contributed by atoms with Crippen molar-refractivity contribution in [3.05, 3.63) is 35.9 Å². The number of nitrogens with zero attached hydrogens (tertiary/aromatic N) is 1. The van der Waals surface area contributed by atoms with Crippen LogP contribution in [0.4, 0.5) is 0 Å². The van der Waals surface area contributed by atoms with E-state index in [1.54, 1.807) is 24.3 Å². The second-order valence-corrected chi connectivity index (χ2v) is 9.40. The van der Waals surface area contributed by atoms with Crippen LogP contribution in [0.2, 0.25) is 0 Å². The SMILES string of the molecule is CC(C)C(NC(=O)C(N)CCCCN)C(=O)N1CCCC1C(=O)NC(Cc1ccccc1)C(=O)O. The van der Waals surface area contributed by atoms with Gasteiger partial charge in [-0.25, -0.2) is 4.79 Å². The van der Waals surface area contributed by atoms with Crippen LogP contribution in [0.1, 0.15) is 51.5 Å². The molecule has 0 bridgehead atoms. The maximum atomic E-state index is 13.4. The van der Waals surface area contributed by atoms with Gasteiger partial charge in [0.15, 0.2) is 0 Å². The molecular weight excluding hydrogens is 450 g/mol. The van der Waals surface area contributed by atoms with E-state index in [1.165, 1.54) is 4.90 Å². The number of carbonyl (C=O) groups excluding carboxylic acids is 3. The molecule has 0 aliphatic carbocycles. The molecule has 10 nitrogen and oxygen atoms in total. The van der Waals surface area contributed by atoms with E-state index in [1.807, 2.05) is 19.9 Å². The minimum absolute atomic E-state index is 0.134. The Balaban J connectivity index is 2.06. The number of likely N-dealkylation sites (tertiary alicyclic amines) is 1. The van der Waals surface area contributed by atoms with E-state index in [0.717, 1.165) is 12.0 Å². The largest absolute Gasteiger partial charge is 0.480 e. The third-order valence-electron chi connectivity index (χ3n) is 6.27. The fourth-order valence-electron chi connectivity index (χ4n) is 4.21. The summed E-state index contributed by atoms with van der Waals surface area (Å²) in [7, 11) is 0. The summed E-state index contributed by atoms with van der Waals surface area (Å²) >= 11 is 0. The van der Waals surface area contributed by atoms with Crippen LogP contribution in [0.15, 0.2) is 30.3 Å². The number of carboxylic acids is 1. The Kier molecular flexibility index (Phi) is 11.1. The molecule has 7 N–H and O–H groups in total. The van der Waals surface area contributed by atoms with Gasteiger partial charge >= 0.3 is 5.97 Å². The lowest BCUT2D eigenvalue weighted by molar-refractivity contribution is -0.145. The van der Waals surface area contributed by atoms with Crippen LogP contribution >= 0.6 is 0 Å². The standard InChI is InChI=1S/C25H39N5O5/c1-16(2)21(29-22(31)18(27)11-6-7-13-26)24(33)30-14-8-12-20(30)23(32)28-19(25(34)35)15-17-9-4-3-5-10-17/h3-5,9-10,16,18-21H,6-8,11-15,26-27H2,1-2H3,(H,28,32)(H,29,31)(H,34,35). The molecule has 0 saturated carbocycles. The third kappa shape index (κ3) is 8.32. The van der Waals surface area contributed by atoms with Crippen molar-refractivity contribution >= 4 is 23.7 Å². The topological polar surface area (TPSA) is 168 Å². The van der Waals surface area contributed by atoms with Gasteiger partial charge in [0, 0.05) is 13.0 Å². The summed E-state index contributed by atoms with van der Waals surface area (Å²) in [5, 5.41) is 15.0. The quantitative estimate of drug-likeness (QED) is 0.250. The van der Waals surface area contributed by atoms with Crippen LogP contribution in [0.5, 0.6) is 0 Å². The van der Waals surface area contributed by atoms with E-state index >= 15 is 0 Å². The molecule has 194 valence electrons. The number of carbonyl (C=O) groups is 4. The van der Waals surface area contributed by atoms with Gasteiger partial charge in [-0.1, -0.05) is 50.6 Å². The Morgan fingerprint density at radius 1 is 1.11 bits per heavy atom. The molecule has 2 rings (SSSR count). The zero-order chi connectivity index (χ0) is 26.0. The number of benzene rings is 1. The first-order valence-electron chi connectivity index (χ1n) is 12.3. The van der Waals surface area contributed by atoms with E-state index in [2.05, 4.69) is 10.6 Å². The third-order valence-corrected chi connectivity index (χ3v) is 6.27. The van der Waals surface area contributed by atoms with E-state index in [4.69, 9.17) is 11.5 Å². The molecule has 1 aromatic rings. The molecule has 0 spiro atoms. The molecule has 0 aromatic heterocycles. The van der Waals surface area contributed by atoms with E-state index in [-0.39, 0.29) is 18.2 Å². The van der Waals surface area contributed by atoms with Gasteiger partial charge in [0.05, 0.1) is 6.04 Å². The van der Waals surface area contributed by atoms with Gasteiger partial charge in [-0.05, 0) is 43.7 Å². The molecule has 1 heterocycles. The average Bonchev–Trinajstić information content (AvgIpc) is 3.32. The van der Waals surface area contributed by atoms with Crippen LogP contribution in [0.25, 0.3) is 0 Å². The van der Waals surface area contributed by atoms with Gasteiger partial charge < -0.3 is 32.1 Å². The summed E-state index contributed by atoms with van der Waals surface area (Å²) in [5.41, 5.74) is 12.3. The normalized spacial score (nSPS) is 18.1. The first-order valence-corrected chi connectivity index (χ1v) is 12.3. The van der Waals surface area contributed by atoms with Gasteiger partial charge in [-0.15, -0.1) is 0 Å². The molecule has 3 amide bonds. The number of nitrogens with one attached hydrogen (secondary N) is 2. The molecule has 1 aliphatic rings. The summed E-state index contributed by atoms with van der Waals surface area (Å²) in [6.45, 7) is 4.51. The van der Waals surface area contributed by atoms with Crippen molar-refractivity contribution in [2.45, 2.75) is 76.5 Å². The first kappa shape index (κ1) is 28.3. The highest BCUT2D eigenvalue weighted by Gasteiger charge is 2.40. The Hall–Kier alpha value is -2.98. The van der Waals surface area contributed by atoms with Crippen LogP contribution in [0, 0.1) is 5.92 Å². The number of amides is 3. The van der Waals surface area contributed by atoms with E-state index in [0.29, 0.717) is 38.8 Å². The summed E-state index contributed by atoms with van der Waals surface area (Å²) in [6, 6.07) is 5.53. The minimum Gasteiger partial charge on any atom is -0.480 e. The van der Waals surface area contributed by atoms with Crippen LogP contribution in [0.3, 0.4) is 0 Å². The van der Waals surface area contributed by atoms with Crippen molar-refractivity contribution in [1.82, 2.24) is 15.5 Å². The van der Waals surface area contributed by atoms with Crippen LogP contribution in [-0.2, 0) is 25.6 Å². The van der Waals surface area contributed by atoms with Crippen molar-refractivity contribution in [2.75, 3.05) is 13.1 Å². The fourth-order valence-corrected chi connectivity index (χ4v) is 4.21. The van der Waals surface area contributed by atoms with Crippen LogP contribution < -0.4 is 22.1 Å². The van der Waals surface area contributed by atoms with Crippen LogP contribution in [-0.4, -0.2) is 71.0 Å². The zero-order valence-electron chi connectivity index (χ0n) is 20.6. The summed E-state index contributed by atoms with van der Waals surface area (Å²) in [5.74, 6) is -2.66. The molecule has 35 heavy (non-hydrogen) atoms. The molecule has 10 heteroatoms. The number of hydrogen-bond acceptors (Lipinski definition) is 6. The van der Waals surface area contributed by atoms with Crippen molar-refractivity contribution in [3.8, 4) is 0 Å². The highest BCUT2D eigenvalue weighted by atomic mass is 16.4.